The van der Waals surface area contributed by atoms with Gasteiger partial charge in [0.25, 0.3) is 0 Å². The number of nitrogens with one attached hydrogen (secondary N) is 1. The van der Waals surface area contributed by atoms with Crippen LogP contribution in [0.3, 0.4) is 0 Å². The molecule has 0 saturated heterocycles. The van der Waals surface area contributed by atoms with Crippen LogP contribution in [0.2, 0.25) is 5.02 Å². The lowest BCUT2D eigenvalue weighted by Crippen LogP contribution is -2.10. The maximum atomic E-state index is 13.1. The van der Waals surface area contributed by atoms with Gasteiger partial charge in [-0.15, -0.1) is 0 Å². The van der Waals surface area contributed by atoms with Crippen molar-refractivity contribution in [2.75, 3.05) is 12.4 Å². The second-order valence-corrected chi connectivity index (χ2v) is 4.88. The second-order valence-electron chi connectivity index (χ2n) is 4.03. The van der Waals surface area contributed by atoms with Crippen LogP contribution >= 0.6 is 23.8 Å². The van der Waals surface area contributed by atoms with Crippen molar-refractivity contribution < 1.29 is 9.13 Å². The van der Waals surface area contributed by atoms with Crippen LogP contribution in [-0.2, 0) is 0 Å². The third kappa shape index (κ3) is 3.18. The number of ether oxygens (including phenoxy) is 1. The zero-order valence-corrected chi connectivity index (χ0v) is 12.2. The van der Waals surface area contributed by atoms with E-state index in [1.54, 1.807) is 24.3 Å². The van der Waals surface area contributed by atoms with Crippen LogP contribution in [0.1, 0.15) is 5.56 Å². The quantitative estimate of drug-likeness (QED) is 0.842. The number of hydrogen-bond donors (Lipinski definition) is 2. The van der Waals surface area contributed by atoms with Crippen molar-refractivity contribution in [3.63, 3.8) is 0 Å². The van der Waals surface area contributed by atoms with E-state index < -0.39 is 0 Å². The van der Waals surface area contributed by atoms with E-state index in [9.17, 15) is 4.39 Å². The normalized spacial score (nSPS) is 10.2. The molecule has 2 aromatic carbocycles. The molecule has 0 aromatic heterocycles. The zero-order chi connectivity index (χ0) is 14.7. The fourth-order valence-electron chi connectivity index (χ4n) is 1.72. The van der Waals surface area contributed by atoms with Gasteiger partial charge in [-0.3, -0.25) is 0 Å². The summed E-state index contributed by atoms with van der Waals surface area (Å²) in [5.41, 5.74) is 7.51. The van der Waals surface area contributed by atoms with E-state index in [1.165, 1.54) is 19.2 Å². The number of hydrogen-bond acceptors (Lipinski definition) is 3. The van der Waals surface area contributed by atoms with Crippen LogP contribution in [0.15, 0.2) is 36.4 Å². The molecule has 0 atom stereocenters. The molecule has 6 heteroatoms. The SMILES string of the molecule is COc1cc(F)ccc1Nc1ccc(C(N)=S)c(Cl)c1. The number of rotatable bonds is 4. The van der Waals surface area contributed by atoms with Gasteiger partial charge in [0.15, 0.2) is 0 Å². The number of halogens is 2. The first-order valence-electron chi connectivity index (χ1n) is 5.71. The topological polar surface area (TPSA) is 47.3 Å². The number of thiocarbonyl (C=S) groups is 1. The highest BCUT2D eigenvalue weighted by Crippen LogP contribution is 2.30. The van der Waals surface area contributed by atoms with Crippen molar-refractivity contribution in [3.8, 4) is 5.75 Å². The summed E-state index contributed by atoms with van der Waals surface area (Å²) in [5.74, 6) is 0.0359. The fourth-order valence-corrected chi connectivity index (χ4v) is 2.23. The van der Waals surface area contributed by atoms with Crippen LogP contribution in [0.25, 0.3) is 0 Å². The first kappa shape index (κ1) is 14.6. The van der Waals surface area contributed by atoms with Gasteiger partial charge in [0.2, 0.25) is 0 Å². The van der Waals surface area contributed by atoms with Crippen molar-refractivity contribution in [1.82, 2.24) is 0 Å². The molecular weight excluding hydrogens is 299 g/mol. The van der Waals surface area contributed by atoms with E-state index in [4.69, 9.17) is 34.3 Å². The molecule has 0 bridgehead atoms. The summed E-state index contributed by atoms with van der Waals surface area (Å²) in [5, 5.41) is 3.55. The van der Waals surface area contributed by atoms with Gasteiger partial charge in [0.05, 0.1) is 17.8 Å². The first-order valence-corrected chi connectivity index (χ1v) is 6.50. The molecule has 0 aliphatic heterocycles. The number of anilines is 2. The summed E-state index contributed by atoms with van der Waals surface area (Å²) < 4.78 is 18.2. The van der Waals surface area contributed by atoms with Gasteiger partial charge < -0.3 is 15.8 Å². The molecule has 0 radical (unpaired) electrons. The largest absolute Gasteiger partial charge is 0.494 e. The first-order chi connectivity index (χ1) is 9.51. The third-order valence-electron chi connectivity index (χ3n) is 2.68. The third-order valence-corrected chi connectivity index (χ3v) is 3.21. The lowest BCUT2D eigenvalue weighted by Gasteiger charge is -2.12. The lowest BCUT2D eigenvalue weighted by molar-refractivity contribution is 0.413. The smallest absolute Gasteiger partial charge is 0.145 e. The maximum Gasteiger partial charge on any atom is 0.145 e. The zero-order valence-electron chi connectivity index (χ0n) is 10.6. The summed E-state index contributed by atoms with van der Waals surface area (Å²) in [6.45, 7) is 0. The summed E-state index contributed by atoms with van der Waals surface area (Å²) in [6, 6.07) is 9.43. The fraction of sp³-hybridized carbons (Fsp3) is 0.0714. The van der Waals surface area contributed by atoms with Gasteiger partial charge in [-0.25, -0.2) is 4.39 Å². The van der Waals surface area contributed by atoms with Crippen molar-refractivity contribution in [3.05, 3.63) is 52.8 Å². The highest BCUT2D eigenvalue weighted by molar-refractivity contribution is 7.80. The minimum atomic E-state index is -0.366. The Bertz CT molecular complexity index is 664. The van der Waals surface area contributed by atoms with Gasteiger partial charge >= 0.3 is 0 Å². The summed E-state index contributed by atoms with van der Waals surface area (Å²) >= 11 is 11.0. The van der Waals surface area contributed by atoms with E-state index >= 15 is 0 Å². The standard InChI is InChI=1S/C14H12ClFN2OS/c1-19-13-6-8(16)2-5-12(13)18-9-3-4-10(14(17)20)11(15)7-9/h2-7,18H,1H3,(H2,17,20). The van der Waals surface area contributed by atoms with Gasteiger partial charge in [0.1, 0.15) is 16.6 Å². The van der Waals surface area contributed by atoms with Crippen LogP contribution in [0, 0.1) is 5.82 Å². The molecule has 0 unspecified atom stereocenters. The van der Waals surface area contributed by atoms with Crippen molar-refractivity contribution in [2.45, 2.75) is 0 Å². The number of nitrogens with two attached hydrogens (primary N) is 1. The summed E-state index contributed by atoms with van der Waals surface area (Å²) in [6.07, 6.45) is 0. The van der Waals surface area contributed by atoms with Crippen molar-refractivity contribution in [2.24, 2.45) is 5.73 Å². The lowest BCUT2D eigenvalue weighted by atomic mass is 10.2. The van der Waals surface area contributed by atoms with Gasteiger partial charge in [-0.2, -0.15) is 0 Å². The predicted octanol–water partition coefficient (Wildman–Crippen LogP) is 3.87. The number of benzene rings is 2. The Hall–Kier alpha value is -1.85. The Balaban J connectivity index is 2.31. The van der Waals surface area contributed by atoms with Crippen molar-refractivity contribution >= 4 is 40.2 Å². The molecule has 0 saturated carbocycles. The molecule has 0 amide bonds. The Morgan fingerprint density at radius 1 is 1.30 bits per heavy atom. The van der Waals surface area contributed by atoms with Gasteiger partial charge in [0, 0.05) is 17.3 Å². The average Bonchev–Trinajstić information content (AvgIpc) is 2.40. The Kier molecular flexibility index (Phi) is 4.42. The molecule has 3 nitrogen and oxygen atoms in total. The minimum absolute atomic E-state index is 0.237. The molecule has 20 heavy (non-hydrogen) atoms. The minimum Gasteiger partial charge on any atom is -0.494 e. The molecule has 104 valence electrons. The van der Waals surface area contributed by atoms with E-state index in [2.05, 4.69) is 5.32 Å². The van der Waals surface area contributed by atoms with Crippen LogP contribution in [-0.4, -0.2) is 12.1 Å². The molecule has 0 aliphatic carbocycles. The molecule has 0 spiro atoms. The highest BCUT2D eigenvalue weighted by atomic mass is 35.5. The molecular formula is C14H12ClFN2OS. The molecule has 0 heterocycles. The second kappa shape index (κ2) is 6.07. The highest BCUT2D eigenvalue weighted by Gasteiger charge is 2.08. The molecule has 3 N–H and O–H groups in total. The van der Waals surface area contributed by atoms with Crippen LogP contribution in [0.5, 0.6) is 5.75 Å². The molecule has 2 rings (SSSR count). The Morgan fingerprint density at radius 2 is 2.05 bits per heavy atom. The van der Waals surface area contributed by atoms with Crippen molar-refractivity contribution in [1.29, 1.82) is 0 Å². The average molecular weight is 311 g/mol. The van der Waals surface area contributed by atoms with E-state index in [0.717, 1.165) is 5.69 Å². The van der Waals surface area contributed by atoms with E-state index in [1.807, 2.05) is 0 Å². The molecule has 0 fully saturated rings. The monoisotopic (exact) mass is 310 g/mol. The predicted molar refractivity (Wildman–Crippen MR) is 83.6 cm³/mol. The molecule has 0 aliphatic rings. The Morgan fingerprint density at radius 3 is 2.65 bits per heavy atom. The van der Waals surface area contributed by atoms with Gasteiger partial charge in [-0.1, -0.05) is 23.8 Å². The van der Waals surface area contributed by atoms with Crippen LogP contribution in [0.4, 0.5) is 15.8 Å². The van der Waals surface area contributed by atoms with Crippen LogP contribution < -0.4 is 15.8 Å². The summed E-state index contributed by atoms with van der Waals surface area (Å²) in [7, 11) is 1.48. The Labute approximate surface area is 126 Å². The number of methoxy groups -OCH3 is 1. The van der Waals surface area contributed by atoms with E-state index in [0.29, 0.717) is 22.0 Å². The van der Waals surface area contributed by atoms with E-state index in [-0.39, 0.29) is 10.8 Å². The maximum absolute atomic E-state index is 13.1. The van der Waals surface area contributed by atoms with Gasteiger partial charge in [-0.05, 0) is 30.3 Å². The molecule has 2 aromatic rings. The summed E-state index contributed by atoms with van der Waals surface area (Å²) in [4.78, 5) is 0.237.